The van der Waals surface area contributed by atoms with E-state index in [9.17, 15) is 9.90 Å². The largest absolute Gasteiger partial charge is 0.388 e. The van der Waals surface area contributed by atoms with Gasteiger partial charge in [-0.25, -0.2) is 4.98 Å². The lowest BCUT2D eigenvalue weighted by molar-refractivity contribution is 0.0459. The number of piperidine rings is 1. The summed E-state index contributed by atoms with van der Waals surface area (Å²) >= 11 is 1.45. The predicted molar refractivity (Wildman–Crippen MR) is 92.9 cm³/mol. The van der Waals surface area contributed by atoms with Crippen LogP contribution in [0.1, 0.15) is 40.0 Å². The topological polar surface area (TPSA) is 62.7 Å². The van der Waals surface area contributed by atoms with Gasteiger partial charge >= 0.3 is 0 Å². The Bertz CT molecular complexity index is 666. The number of benzene rings is 1. The van der Waals surface area contributed by atoms with Gasteiger partial charge in [-0.1, -0.05) is 30.3 Å². The summed E-state index contributed by atoms with van der Waals surface area (Å²) < 4.78 is 5.04. The highest BCUT2D eigenvalue weighted by Crippen LogP contribution is 2.31. The van der Waals surface area contributed by atoms with Crippen LogP contribution >= 0.6 is 11.3 Å². The Morgan fingerprint density at radius 3 is 2.75 bits per heavy atom. The molecule has 1 aliphatic rings. The van der Waals surface area contributed by atoms with Gasteiger partial charge < -0.3 is 14.7 Å². The first kappa shape index (κ1) is 17.1. The van der Waals surface area contributed by atoms with Crippen molar-refractivity contribution in [2.45, 2.75) is 25.6 Å². The smallest absolute Gasteiger partial charge is 0.273 e. The van der Waals surface area contributed by atoms with Crippen LogP contribution in [0, 0.1) is 5.92 Å². The molecule has 2 aromatic rings. The first-order valence-electron chi connectivity index (χ1n) is 8.14. The summed E-state index contributed by atoms with van der Waals surface area (Å²) in [6.07, 6.45) is 1.14. The Kier molecular flexibility index (Phi) is 5.60. The summed E-state index contributed by atoms with van der Waals surface area (Å²) in [7, 11) is 1.62. The van der Waals surface area contributed by atoms with Crippen LogP contribution in [-0.2, 0) is 11.3 Å². The molecule has 3 rings (SSSR count). The van der Waals surface area contributed by atoms with Gasteiger partial charge in [0.2, 0.25) is 0 Å². The molecule has 5 nitrogen and oxygen atoms in total. The van der Waals surface area contributed by atoms with E-state index < -0.39 is 6.10 Å². The summed E-state index contributed by atoms with van der Waals surface area (Å²) in [6, 6.07) is 9.74. The molecule has 2 heterocycles. The molecule has 0 radical (unpaired) electrons. The van der Waals surface area contributed by atoms with Crippen molar-refractivity contribution in [3.63, 3.8) is 0 Å². The van der Waals surface area contributed by atoms with Gasteiger partial charge in [0.05, 0.1) is 12.7 Å². The Labute approximate surface area is 145 Å². The van der Waals surface area contributed by atoms with Crippen molar-refractivity contribution in [3.8, 4) is 0 Å². The molecule has 1 N–H and O–H groups in total. The van der Waals surface area contributed by atoms with E-state index in [1.54, 1.807) is 12.5 Å². The van der Waals surface area contributed by atoms with Crippen molar-refractivity contribution < 1.29 is 14.6 Å². The fourth-order valence-corrected chi connectivity index (χ4v) is 3.84. The molecule has 1 aromatic heterocycles. The number of carbonyl (C=O) groups is 1. The van der Waals surface area contributed by atoms with E-state index in [0.29, 0.717) is 25.4 Å². The summed E-state index contributed by atoms with van der Waals surface area (Å²) in [5, 5.41) is 13.1. The highest BCUT2D eigenvalue weighted by Gasteiger charge is 2.29. The third-order valence-corrected chi connectivity index (χ3v) is 5.28. The number of thiazole rings is 1. The number of carbonyl (C=O) groups excluding carboxylic acids is 1. The number of hydrogen-bond acceptors (Lipinski definition) is 5. The first-order valence-corrected chi connectivity index (χ1v) is 9.02. The second kappa shape index (κ2) is 7.88. The van der Waals surface area contributed by atoms with Crippen LogP contribution < -0.4 is 0 Å². The van der Waals surface area contributed by atoms with E-state index in [-0.39, 0.29) is 11.8 Å². The van der Waals surface area contributed by atoms with Crippen molar-refractivity contribution in [1.29, 1.82) is 0 Å². The molecule has 1 fully saturated rings. The summed E-state index contributed by atoms with van der Waals surface area (Å²) in [6.45, 7) is 1.75. The standard InChI is InChI=1S/C18H22N2O3S/c1-23-11-16-19-15(12-24-16)18(22)20-9-7-14(8-10-20)17(21)13-5-3-2-4-6-13/h2-6,12,14,17,21H,7-11H2,1H3. The SMILES string of the molecule is COCc1nc(C(=O)N2CCC(C(O)c3ccccc3)CC2)cs1. The van der Waals surface area contributed by atoms with Gasteiger partial charge in [-0.05, 0) is 24.3 Å². The van der Waals surface area contributed by atoms with E-state index >= 15 is 0 Å². The third kappa shape index (κ3) is 3.83. The van der Waals surface area contributed by atoms with Gasteiger partial charge in [-0.15, -0.1) is 11.3 Å². The lowest BCUT2D eigenvalue weighted by atomic mass is 9.87. The Balaban J connectivity index is 1.57. The van der Waals surface area contributed by atoms with Crippen LogP contribution in [0.15, 0.2) is 35.7 Å². The zero-order valence-electron chi connectivity index (χ0n) is 13.7. The fraction of sp³-hybridized carbons (Fsp3) is 0.444. The average molecular weight is 346 g/mol. The zero-order valence-corrected chi connectivity index (χ0v) is 14.5. The second-order valence-electron chi connectivity index (χ2n) is 6.04. The fourth-order valence-electron chi connectivity index (χ4n) is 3.10. The van der Waals surface area contributed by atoms with Gasteiger partial charge in [-0.2, -0.15) is 0 Å². The normalized spacial score (nSPS) is 17.0. The minimum Gasteiger partial charge on any atom is -0.388 e. The van der Waals surface area contributed by atoms with Crippen LogP contribution in [0.5, 0.6) is 0 Å². The molecule has 0 spiro atoms. The molecule has 1 aromatic carbocycles. The van der Waals surface area contributed by atoms with Crippen LogP contribution in [0.4, 0.5) is 0 Å². The van der Waals surface area contributed by atoms with E-state index in [1.807, 2.05) is 35.2 Å². The maximum atomic E-state index is 12.5. The van der Waals surface area contributed by atoms with Crippen LogP contribution in [0.2, 0.25) is 0 Å². The van der Waals surface area contributed by atoms with Gasteiger partial charge in [0, 0.05) is 25.6 Å². The molecular formula is C18H22N2O3S. The second-order valence-corrected chi connectivity index (χ2v) is 6.99. The number of amides is 1. The molecule has 1 unspecified atom stereocenters. The minimum absolute atomic E-state index is 0.0266. The third-order valence-electron chi connectivity index (χ3n) is 4.45. The number of aliphatic hydroxyl groups excluding tert-OH is 1. The van der Waals surface area contributed by atoms with Crippen molar-refractivity contribution in [2.24, 2.45) is 5.92 Å². The molecular weight excluding hydrogens is 324 g/mol. The molecule has 1 aliphatic heterocycles. The quantitative estimate of drug-likeness (QED) is 0.904. The zero-order chi connectivity index (χ0) is 16.9. The summed E-state index contributed by atoms with van der Waals surface area (Å²) in [5.41, 5.74) is 1.44. The Morgan fingerprint density at radius 2 is 2.08 bits per heavy atom. The number of rotatable bonds is 5. The number of aromatic nitrogens is 1. The monoisotopic (exact) mass is 346 g/mol. The molecule has 24 heavy (non-hydrogen) atoms. The molecule has 0 aliphatic carbocycles. The molecule has 1 atom stereocenters. The lowest BCUT2D eigenvalue weighted by Gasteiger charge is -2.34. The van der Waals surface area contributed by atoms with Gasteiger partial charge in [0.25, 0.3) is 5.91 Å². The van der Waals surface area contributed by atoms with Crippen LogP contribution in [-0.4, -0.2) is 41.1 Å². The van der Waals surface area contributed by atoms with Gasteiger partial charge in [0.15, 0.2) is 0 Å². The number of methoxy groups -OCH3 is 1. The van der Waals surface area contributed by atoms with Crippen molar-refractivity contribution in [2.75, 3.05) is 20.2 Å². The molecule has 128 valence electrons. The Morgan fingerprint density at radius 1 is 1.38 bits per heavy atom. The van der Waals surface area contributed by atoms with Gasteiger partial charge in [-0.3, -0.25) is 4.79 Å². The summed E-state index contributed by atoms with van der Waals surface area (Å²) in [5.74, 6) is 0.164. The van der Waals surface area contributed by atoms with Crippen molar-refractivity contribution >= 4 is 17.2 Å². The Hall–Kier alpha value is -1.76. The number of ether oxygens (including phenoxy) is 1. The highest BCUT2D eigenvalue weighted by molar-refractivity contribution is 7.09. The lowest BCUT2D eigenvalue weighted by Crippen LogP contribution is -2.40. The maximum absolute atomic E-state index is 12.5. The van der Waals surface area contributed by atoms with Crippen molar-refractivity contribution in [3.05, 3.63) is 52.0 Å². The van der Waals surface area contributed by atoms with E-state index in [1.165, 1.54) is 11.3 Å². The van der Waals surface area contributed by atoms with E-state index in [0.717, 1.165) is 23.4 Å². The molecule has 6 heteroatoms. The average Bonchev–Trinajstić information content (AvgIpc) is 3.10. The number of likely N-dealkylation sites (tertiary alicyclic amines) is 1. The predicted octanol–water partition coefficient (Wildman–Crippen LogP) is 2.88. The summed E-state index contributed by atoms with van der Waals surface area (Å²) in [4.78, 5) is 18.7. The molecule has 1 saturated heterocycles. The molecule has 0 bridgehead atoms. The molecule has 0 saturated carbocycles. The van der Waals surface area contributed by atoms with E-state index in [2.05, 4.69) is 4.98 Å². The van der Waals surface area contributed by atoms with Crippen molar-refractivity contribution in [1.82, 2.24) is 9.88 Å². The highest BCUT2D eigenvalue weighted by atomic mass is 32.1. The van der Waals surface area contributed by atoms with E-state index in [4.69, 9.17) is 4.74 Å². The van der Waals surface area contributed by atoms with Crippen LogP contribution in [0.25, 0.3) is 0 Å². The van der Waals surface area contributed by atoms with Crippen LogP contribution in [0.3, 0.4) is 0 Å². The number of hydrogen-bond donors (Lipinski definition) is 1. The molecule has 1 amide bonds. The minimum atomic E-state index is -0.462. The first-order chi connectivity index (χ1) is 11.7. The maximum Gasteiger partial charge on any atom is 0.273 e. The number of aliphatic hydroxyl groups is 1. The number of nitrogens with zero attached hydrogens (tertiary/aromatic N) is 2. The van der Waals surface area contributed by atoms with Gasteiger partial charge in [0.1, 0.15) is 10.7 Å².